The molecule has 530 valence electrons. The minimum absolute atomic E-state index is 0.00801. The average molecular weight is 1370 g/mol. The van der Waals surface area contributed by atoms with Crippen LogP contribution >= 0.6 is 30.2 Å². The number of benzene rings is 5. The molecule has 5 aromatic carbocycles. The van der Waals surface area contributed by atoms with Gasteiger partial charge in [0.05, 0.1) is 0 Å². The van der Waals surface area contributed by atoms with Crippen molar-refractivity contribution in [2.75, 3.05) is 0 Å². The lowest BCUT2D eigenvalue weighted by Crippen LogP contribution is -2.33. The molecule has 0 spiro atoms. The van der Waals surface area contributed by atoms with Gasteiger partial charge in [0.25, 0.3) is 0 Å². The van der Waals surface area contributed by atoms with Gasteiger partial charge in [0.2, 0.25) is 0 Å². The topological polar surface area (TPSA) is 0 Å². The van der Waals surface area contributed by atoms with Crippen molar-refractivity contribution in [1.82, 2.24) is 0 Å². The van der Waals surface area contributed by atoms with E-state index in [0.29, 0.717) is 11.3 Å². The Hall–Kier alpha value is -2.96. The molecule has 0 aromatic heterocycles. The summed E-state index contributed by atoms with van der Waals surface area (Å²) in [5, 5.41) is 7.30. The molecule has 0 nitrogen and oxygen atoms in total. The van der Waals surface area contributed by atoms with Gasteiger partial charge in [0, 0.05) is 32.5 Å². The summed E-state index contributed by atoms with van der Waals surface area (Å²) in [5.41, 5.74) is 28.3. The lowest BCUT2D eigenvalue weighted by atomic mass is 9.72. The number of rotatable bonds is 12. The quantitative estimate of drug-likeness (QED) is 0.109. The van der Waals surface area contributed by atoms with Crippen molar-refractivity contribution in [2.45, 2.75) is 378 Å². The van der Waals surface area contributed by atoms with Gasteiger partial charge in [-0.2, -0.15) is 0 Å². The maximum atomic E-state index is 2.77. The minimum atomic E-state index is -0.826. The van der Waals surface area contributed by atoms with Gasteiger partial charge < -0.3 is 0 Å². The van der Waals surface area contributed by atoms with Gasteiger partial charge >= 0.3 is 0 Å². The molecule has 2 aliphatic rings. The Morgan fingerprint density at radius 3 is 0.552 bits per heavy atom. The van der Waals surface area contributed by atoms with Crippen molar-refractivity contribution in [3.05, 3.63) is 173 Å². The van der Waals surface area contributed by atoms with E-state index in [0.717, 1.165) is 25.2 Å². The van der Waals surface area contributed by atoms with Crippen molar-refractivity contribution in [3.63, 3.8) is 0 Å². The Balaban J connectivity index is 1.77. The first-order chi connectivity index (χ1) is 43.0. The predicted molar refractivity (Wildman–Crippen MR) is 448 cm³/mol. The molecule has 0 amide bonds. The van der Waals surface area contributed by atoms with Crippen LogP contribution in [0.3, 0.4) is 0 Å². The number of hydrogen-bond donors (Lipinski definition) is 0. The molecule has 0 saturated carbocycles. The fraction of sp³-hybridized carbons (Fsp3) is 0.630. The average Bonchev–Trinajstić information content (AvgIpc) is 0.701. The standard InChI is InChI=1S/C92H142P4/c1-41-57(3)95-77(73-65(85(17,18)19)47-61(81(5,6)7)48-66(73)86(20,21)22)93(78(95)74-67(87(23,24)25)49-62(82(8,9)10)50-68(74)88(26,27)28)55-59-44-43-45-60(46-59)56-94-79(75-69(89(29,30)31)51-63(83(11,12)13)52-70(75)90(32,33)34)96(58(4)42-2)80(94)76-71(91(35,36)37)53-64(84(14,15)16)54-72(76)92(38,39)40/h43-54,57-58H,41-42,55-56H2,1-40H3. The summed E-state index contributed by atoms with van der Waals surface area (Å²) in [7, 11) is -3.06. The van der Waals surface area contributed by atoms with E-state index in [1.807, 2.05) is 20.1 Å². The zero-order valence-electron chi connectivity index (χ0n) is 69.7. The van der Waals surface area contributed by atoms with Crippen molar-refractivity contribution >= 4 is 50.3 Å². The Kier molecular flexibility index (Phi) is 22.3. The van der Waals surface area contributed by atoms with Gasteiger partial charge in [-0.05, 0) is 205 Å². The van der Waals surface area contributed by atoms with Gasteiger partial charge in [-0.1, -0.05) is 350 Å². The van der Waals surface area contributed by atoms with E-state index in [9.17, 15) is 0 Å². The maximum Gasteiger partial charge on any atom is 0.0123 e. The highest BCUT2D eigenvalue weighted by Crippen LogP contribution is 2.69. The second-order valence-corrected chi connectivity index (χ2v) is 52.9. The lowest BCUT2D eigenvalue weighted by Gasteiger charge is -2.45. The number of hydrogen-bond acceptors (Lipinski definition) is 0. The first-order valence-corrected chi connectivity index (χ1v) is 43.3. The summed E-state index contributed by atoms with van der Waals surface area (Å²) in [6, 6.07) is 31.9. The summed E-state index contributed by atoms with van der Waals surface area (Å²) < 4.78 is 0. The van der Waals surface area contributed by atoms with Gasteiger partial charge in [-0.3, -0.25) is 0 Å². The molecule has 0 radical (unpaired) electrons. The summed E-state index contributed by atoms with van der Waals surface area (Å²) in [6.45, 7) is 99.8. The Morgan fingerprint density at radius 1 is 0.250 bits per heavy atom. The molecule has 2 atom stereocenters. The van der Waals surface area contributed by atoms with E-state index in [1.54, 1.807) is 66.8 Å². The Labute approximate surface area is 597 Å². The van der Waals surface area contributed by atoms with Crippen LogP contribution in [0.2, 0.25) is 0 Å². The van der Waals surface area contributed by atoms with Crippen LogP contribution in [0.4, 0.5) is 0 Å². The molecule has 2 aliphatic heterocycles. The maximum absolute atomic E-state index is 2.77. The van der Waals surface area contributed by atoms with Crippen LogP contribution in [0, 0.1) is 0 Å². The fourth-order valence-corrected chi connectivity index (χ4v) is 31.8. The van der Waals surface area contributed by atoms with Gasteiger partial charge in [0.15, 0.2) is 0 Å². The molecule has 2 unspecified atom stereocenters. The second-order valence-electron chi connectivity index (χ2n) is 42.3. The monoisotopic (exact) mass is 1370 g/mol. The van der Waals surface area contributed by atoms with E-state index in [2.05, 4.69) is 350 Å². The fourth-order valence-electron chi connectivity index (χ4n) is 14.5. The molecule has 0 N–H and O–H groups in total. The highest BCUT2D eigenvalue weighted by molar-refractivity contribution is 8.15. The smallest absolute Gasteiger partial charge is 0.0123 e. The van der Waals surface area contributed by atoms with Crippen LogP contribution in [-0.2, 0) is 77.3 Å². The van der Waals surface area contributed by atoms with E-state index in [1.165, 1.54) is 33.4 Å². The van der Waals surface area contributed by atoms with E-state index >= 15 is 0 Å². The van der Waals surface area contributed by atoms with Crippen LogP contribution in [0.5, 0.6) is 0 Å². The minimum Gasteiger partial charge on any atom is -0.103 e. The summed E-state index contributed by atoms with van der Waals surface area (Å²) in [6.07, 6.45) is 4.40. The Morgan fingerprint density at radius 2 is 0.417 bits per heavy atom. The third-order valence-electron chi connectivity index (χ3n) is 21.0. The van der Waals surface area contributed by atoms with Crippen LogP contribution in [0.1, 0.15) is 390 Å². The molecule has 5 aromatic rings. The van der Waals surface area contributed by atoms with Gasteiger partial charge in [-0.25, -0.2) is 0 Å². The highest BCUT2D eigenvalue weighted by atomic mass is 31.2. The van der Waals surface area contributed by atoms with Crippen molar-refractivity contribution in [1.29, 1.82) is 0 Å². The van der Waals surface area contributed by atoms with E-state index < -0.39 is 30.2 Å². The molecule has 4 heteroatoms. The van der Waals surface area contributed by atoms with Gasteiger partial charge in [-0.15, -0.1) is 14.3 Å². The molecule has 0 saturated heterocycles. The molecular formula is C92H142P4. The molecule has 7 rings (SSSR count). The third-order valence-corrected chi connectivity index (χ3v) is 36.0. The van der Waals surface area contributed by atoms with E-state index in [4.69, 9.17) is 0 Å². The molecule has 0 bridgehead atoms. The zero-order valence-corrected chi connectivity index (χ0v) is 73.3. The van der Waals surface area contributed by atoms with Crippen LogP contribution < -0.4 is 0 Å². The summed E-state index contributed by atoms with van der Waals surface area (Å²) in [5.74, 6) is 0. The summed E-state index contributed by atoms with van der Waals surface area (Å²) >= 11 is 0. The first kappa shape index (κ1) is 80.4. The highest BCUT2D eigenvalue weighted by Gasteiger charge is 2.47. The molecule has 0 fully saturated rings. The summed E-state index contributed by atoms with van der Waals surface area (Å²) in [4.78, 5) is 0. The van der Waals surface area contributed by atoms with Gasteiger partial charge in [0.1, 0.15) is 0 Å². The van der Waals surface area contributed by atoms with E-state index in [-0.39, 0.29) is 65.0 Å². The molecule has 0 aliphatic carbocycles. The second kappa shape index (κ2) is 26.7. The molecule has 2 heterocycles. The van der Waals surface area contributed by atoms with Crippen LogP contribution in [-0.4, -0.2) is 31.5 Å². The molecule has 96 heavy (non-hydrogen) atoms. The SMILES string of the molecule is CCC(C)P1C(c2c(C(C)(C)C)cc(C(C)(C)C)cc2C(C)(C)C)=P(Cc2cccc(CP3=C(c4c(C(C)(C)C)cc(C(C)(C)C)cc4C(C)(C)C)P(C(C)CC)C=3c3c(C(C)(C)C)cc(C(C)(C)C)cc3C(C)(C)C)c2)=C1c1c(C(C)(C)C)cc(C(C)(C)C)cc1C(C)(C)C. The Bertz CT molecular complexity index is 3340. The third kappa shape index (κ3) is 16.6. The largest absolute Gasteiger partial charge is 0.103 e. The molecular weight excluding hydrogens is 1230 g/mol. The lowest BCUT2D eigenvalue weighted by molar-refractivity contribution is 0.546. The van der Waals surface area contributed by atoms with Crippen molar-refractivity contribution in [2.24, 2.45) is 0 Å². The van der Waals surface area contributed by atoms with Crippen molar-refractivity contribution < 1.29 is 0 Å². The van der Waals surface area contributed by atoms with Crippen molar-refractivity contribution in [3.8, 4) is 0 Å². The van der Waals surface area contributed by atoms with Crippen LogP contribution in [0.25, 0.3) is 0 Å². The predicted octanol–water partition coefficient (Wildman–Crippen LogP) is 28.5. The normalized spacial score (nSPS) is 18.5. The first-order valence-electron chi connectivity index (χ1n) is 37.5. The zero-order chi connectivity index (χ0) is 73.5. The van der Waals surface area contributed by atoms with Crippen LogP contribution in [0.15, 0.2) is 72.8 Å².